The third kappa shape index (κ3) is 8.06. The van der Waals surface area contributed by atoms with Crippen molar-refractivity contribution in [2.75, 3.05) is 34.5 Å². The quantitative estimate of drug-likeness (QED) is 0.112. The summed E-state index contributed by atoms with van der Waals surface area (Å²) in [7, 11) is 4.49. The summed E-state index contributed by atoms with van der Waals surface area (Å²) in [4.78, 5) is 17.3. The first-order valence-electron chi connectivity index (χ1n) is 14.9. The highest BCUT2D eigenvalue weighted by Gasteiger charge is 2.38. The fraction of sp³-hybridized carbons (Fsp3) is 0.222. The van der Waals surface area contributed by atoms with Crippen molar-refractivity contribution in [3.05, 3.63) is 113 Å². The normalized spacial score (nSPS) is 11.8. The van der Waals surface area contributed by atoms with Gasteiger partial charge in [-0.2, -0.15) is 26.3 Å². The van der Waals surface area contributed by atoms with Crippen LogP contribution in [-0.4, -0.2) is 49.9 Å². The van der Waals surface area contributed by atoms with Crippen LogP contribution in [0.25, 0.3) is 33.9 Å². The average molecular weight is 684 g/mol. The lowest BCUT2D eigenvalue weighted by Gasteiger charge is -2.17. The molecule has 5 rings (SSSR count). The molecule has 1 amide bonds. The van der Waals surface area contributed by atoms with Crippen molar-refractivity contribution in [2.45, 2.75) is 18.9 Å². The molecule has 0 fully saturated rings. The molecule has 0 aliphatic carbocycles. The first-order valence-corrected chi connectivity index (χ1v) is 14.9. The molecule has 0 radical (unpaired) electrons. The number of methoxy groups -OCH3 is 3. The molecule has 49 heavy (non-hydrogen) atoms. The van der Waals surface area contributed by atoms with E-state index >= 15 is 0 Å². The standard InChI is InChI=1S/C36H31F6N3O4/c1-47-17-16-43-34(46)25-6-4-22(5-7-25)21-45-32(24-10-14-30(49-3)15-11-24)31(23-8-12-29(48-2)13-9-23)44-33(45)26-18-27(35(37,38)39)20-28(19-26)36(40,41)42/h4-15,18-20H,16-17,21H2,1-3H3,(H,43,46). The number of benzene rings is 4. The van der Waals surface area contributed by atoms with Crippen LogP contribution >= 0.6 is 0 Å². The lowest BCUT2D eigenvalue weighted by molar-refractivity contribution is -0.143. The van der Waals surface area contributed by atoms with Gasteiger partial charge in [-0.1, -0.05) is 12.1 Å². The van der Waals surface area contributed by atoms with Crippen molar-refractivity contribution < 1.29 is 45.3 Å². The Hall–Kier alpha value is -5.30. The zero-order valence-electron chi connectivity index (χ0n) is 26.6. The number of carbonyl (C=O) groups excluding carboxylic acids is 1. The van der Waals surface area contributed by atoms with E-state index in [0.717, 1.165) is 0 Å². The molecular formula is C36H31F6N3O4. The van der Waals surface area contributed by atoms with Gasteiger partial charge in [-0.05, 0) is 84.4 Å². The lowest BCUT2D eigenvalue weighted by atomic mass is 10.0. The second kappa shape index (κ2) is 14.4. The number of aromatic nitrogens is 2. The van der Waals surface area contributed by atoms with E-state index in [2.05, 4.69) is 5.32 Å². The highest BCUT2D eigenvalue weighted by molar-refractivity contribution is 5.94. The van der Waals surface area contributed by atoms with Crippen molar-refractivity contribution in [1.29, 1.82) is 0 Å². The van der Waals surface area contributed by atoms with Crippen LogP contribution in [0.1, 0.15) is 27.0 Å². The van der Waals surface area contributed by atoms with E-state index in [1.807, 2.05) is 0 Å². The number of nitrogens with zero attached hydrogens (tertiary/aromatic N) is 2. The van der Waals surface area contributed by atoms with Crippen LogP contribution in [0.2, 0.25) is 0 Å². The van der Waals surface area contributed by atoms with Gasteiger partial charge in [0, 0.05) is 42.5 Å². The molecule has 0 unspecified atom stereocenters. The second-order valence-electron chi connectivity index (χ2n) is 10.9. The number of rotatable bonds is 11. The monoisotopic (exact) mass is 683 g/mol. The maximum Gasteiger partial charge on any atom is 0.416 e. The number of hydrogen-bond acceptors (Lipinski definition) is 5. The predicted octanol–water partition coefficient (Wildman–Crippen LogP) is 8.36. The molecule has 4 aromatic carbocycles. The van der Waals surface area contributed by atoms with Gasteiger partial charge in [-0.15, -0.1) is 0 Å². The Balaban J connectivity index is 1.75. The molecular weight excluding hydrogens is 652 g/mol. The topological polar surface area (TPSA) is 74.6 Å². The summed E-state index contributed by atoms with van der Waals surface area (Å²) < 4.78 is 101. The van der Waals surface area contributed by atoms with Crippen molar-refractivity contribution in [2.24, 2.45) is 0 Å². The Morgan fingerprint density at radius 3 is 1.73 bits per heavy atom. The second-order valence-corrected chi connectivity index (χ2v) is 10.9. The minimum absolute atomic E-state index is 0.0248. The molecule has 1 N–H and O–H groups in total. The third-order valence-electron chi connectivity index (χ3n) is 7.69. The number of carbonyl (C=O) groups is 1. The van der Waals surface area contributed by atoms with Crippen molar-refractivity contribution in [3.63, 3.8) is 0 Å². The molecule has 0 saturated heterocycles. The van der Waals surface area contributed by atoms with E-state index in [0.29, 0.717) is 70.4 Å². The Labute approximate surface area is 278 Å². The summed E-state index contributed by atoms with van der Waals surface area (Å²) >= 11 is 0. The van der Waals surface area contributed by atoms with E-state index in [9.17, 15) is 31.1 Å². The Bertz CT molecular complexity index is 1870. The Morgan fingerprint density at radius 1 is 0.714 bits per heavy atom. The van der Waals surface area contributed by atoms with Gasteiger partial charge in [0.25, 0.3) is 5.91 Å². The van der Waals surface area contributed by atoms with Crippen LogP contribution < -0.4 is 14.8 Å². The average Bonchev–Trinajstić information content (AvgIpc) is 3.46. The van der Waals surface area contributed by atoms with Crippen molar-refractivity contribution >= 4 is 5.91 Å². The zero-order chi connectivity index (χ0) is 35.3. The van der Waals surface area contributed by atoms with E-state index in [-0.39, 0.29) is 29.9 Å². The van der Waals surface area contributed by atoms with Crippen molar-refractivity contribution in [1.82, 2.24) is 14.9 Å². The maximum absolute atomic E-state index is 14.0. The fourth-order valence-corrected chi connectivity index (χ4v) is 5.22. The molecule has 0 spiro atoms. The van der Waals surface area contributed by atoms with Gasteiger partial charge in [0.2, 0.25) is 0 Å². The Kier molecular flexibility index (Phi) is 10.3. The number of amides is 1. The number of imidazole rings is 1. The molecule has 256 valence electrons. The summed E-state index contributed by atoms with van der Waals surface area (Å²) in [6, 6.07) is 21.5. The van der Waals surface area contributed by atoms with Crippen molar-refractivity contribution in [3.8, 4) is 45.4 Å². The van der Waals surface area contributed by atoms with E-state index in [1.54, 1.807) is 77.4 Å². The molecule has 0 bridgehead atoms. The van der Waals surface area contributed by atoms with Crippen LogP contribution in [-0.2, 0) is 23.6 Å². The first kappa shape index (κ1) is 35.0. The molecule has 5 aromatic rings. The zero-order valence-corrected chi connectivity index (χ0v) is 26.6. The van der Waals surface area contributed by atoms with Gasteiger partial charge in [-0.25, -0.2) is 4.98 Å². The van der Waals surface area contributed by atoms with Gasteiger partial charge in [0.15, 0.2) is 0 Å². The molecule has 1 aromatic heterocycles. The Morgan fingerprint density at radius 2 is 1.24 bits per heavy atom. The minimum atomic E-state index is -5.06. The van der Waals surface area contributed by atoms with Gasteiger partial charge < -0.3 is 24.1 Å². The van der Waals surface area contributed by atoms with Gasteiger partial charge in [0.05, 0.1) is 43.3 Å². The molecule has 1 heterocycles. The summed E-state index contributed by atoms with van der Waals surface area (Å²) in [5.74, 6) is 0.604. The van der Waals surface area contributed by atoms with Gasteiger partial charge >= 0.3 is 12.4 Å². The van der Waals surface area contributed by atoms with E-state index < -0.39 is 23.5 Å². The van der Waals surface area contributed by atoms with Crippen LogP contribution in [0.3, 0.4) is 0 Å². The number of nitrogens with one attached hydrogen (secondary N) is 1. The van der Waals surface area contributed by atoms with Gasteiger partial charge in [0.1, 0.15) is 17.3 Å². The molecule has 0 saturated carbocycles. The summed E-state index contributed by atoms with van der Waals surface area (Å²) in [6.45, 7) is 0.595. The smallest absolute Gasteiger partial charge is 0.416 e. The lowest BCUT2D eigenvalue weighted by Crippen LogP contribution is -2.26. The summed E-state index contributed by atoms with van der Waals surface area (Å²) in [5, 5.41) is 2.72. The number of alkyl halides is 6. The van der Waals surface area contributed by atoms with Crippen LogP contribution in [0, 0.1) is 0 Å². The molecule has 13 heteroatoms. The SMILES string of the molecule is COCCNC(=O)c1ccc(Cn2c(-c3cc(C(F)(F)F)cc(C(F)(F)F)c3)nc(-c3ccc(OC)cc3)c2-c2ccc(OC)cc2)cc1. The van der Waals surface area contributed by atoms with E-state index in [1.165, 1.54) is 21.3 Å². The number of ether oxygens (including phenoxy) is 3. The molecule has 0 aliphatic heterocycles. The summed E-state index contributed by atoms with van der Waals surface area (Å²) in [5.41, 5.74) is -0.511. The maximum atomic E-state index is 14.0. The number of hydrogen-bond donors (Lipinski definition) is 1. The van der Waals surface area contributed by atoms with Crippen LogP contribution in [0.4, 0.5) is 26.3 Å². The minimum Gasteiger partial charge on any atom is -0.497 e. The predicted molar refractivity (Wildman–Crippen MR) is 171 cm³/mol. The van der Waals surface area contributed by atoms with Crippen LogP contribution in [0.5, 0.6) is 11.5 Å². The van der Waals surface area contributed by atoms with E-state index in [4.69, 9.17) is 19.2 Å². The summed E-state index contributed by atoms with van der Waals surface area (Å²) in [6.07, 6.45) is -10.1. The largest absolute Gasteiger partial charge is 0.497 e. The first-order chi connectivity index (χ1) is 23.3. The van der Waals surface area contributed by atoms with Crippen LogP contribution in [0.15, 0.2) is 91.0 Å². The fourth-order valence-electron chi connectivity index (χ4n) is 5.22. The molecule has 0 aliphatic rings. The highest BCUT2D eigenvalue weighted by atomic mass is 19.4. The highest BCUT2D eigenvalue weighted by Crippen LogP contribution is 2.42. The third-order valence-corrected chi connectivity index (χ3v) is 7.69. The number of halogens is 6. The molecule has 7 nitrogen and oxygen atoms in total. The van der Waals surface area contributed by atoms with Gasteiger partial charge in [-0.3, -0.25) is 4.79 Å². The molecule has 0 atom stereocenters.